The molecule has 3 nitrogen and oxygen atoms in total. The van der Waals surface area contributed by atoms with Gasteiger partial charge in [0.25, 0.3) is 0 Å². The quantitative estimate of drug-likeness (QED) is 0.837. The van der Waals surface area contributed by atoms with E-state index in [2.05, 4.69) is 24.3 Å². The maximum absolute atomic E-state index is 13.3. The molecule has 0 bridgehead atoms. The summed E-state index contributed by atoms with van der Waals surface area (Å²) in [4.78, 5) is 16.4. The Hall–Kier alpha value is -2.36. The number of nitrogens with zero attached hydrogens (tertiary/aromatic N) is 2. The Morgan fingerprint density at radius 3 is 2.46 bits per heavy atom. The van der Waals surface area contributed by atoms with Gasteiger partial charge >= 0.3 is 0 Å². The van der Waals surface area contributed by atoms with Crippen LogP contribution in [-0.2, 0) is 11.3 Å². The molecule has 2 atom stereocenters. The Kier molecular flexibility index (Phi) is 4.56. The molecule has 1 amide bonds. The number of halogens is 1. The first-order valence-electron chi connectivity index (χ1n) is 8.22. The van der Waals surface area contributed by atoms with E-state index in [1.807, 2.05) is 32.1 Å². The summed E-state index contributed by atoms with van der Waals surface area (Å²) >= 11 is 0. The number of benzene rings is 2. The molecule has 0 aliphatic heterocycles. The second-order valence-electron chi connectivity index (χ2n) is 6.76. The van der Waals surface area contributed by atoms with Gasteiger partial charge in [0, 0.05) is 39.3 Å². The average molecular weight is 326 g/mol. The summed E-state index contributed by atoms with van der Waals surface area (Å²) in [6, 6.07) is 14.8. The number of anilines is 1. The van der Waals surface area contributed by atoms with Gasteiger partial charge in [0.1, 0.15) is 5.82 Å². The molecule has 1 fully saturated rings. The van der Waals surface area contributed by atoms with Crippen LogP contribution in [0.4, 0.5) is 10.1 Å². The van der Waals surface area contributed by atoms with Crippen LogP contribution in [0.1, 0.15) is 23.5 Å². The lowest BCUT2D eigenvalue weighted by atomic mass is 10.1. The molecule has 1 aliphatic carbocycles. The van der Waals surface area contributed by atoms with Crippen LogP contribution in [0.5, 0.6) is 0 Å². The summed E-state index contributed by atoms with van der Waals surface area (Å²) < 4.78 is 13.3. The molecule has 0 heterocycles. The summed E-state index contributed by atoms with van der Waals surface area (Å²) in [5, 5.41) is 0. The highest BCUT2D eigenvalue weighted by molar-refractivity contribution is 5.82. The highest BCUT2D eigenvalue weighted by Crippen LogP contribution is 2.48. The number of carbonyl (C=O) groups excluding carboxylic acids is 1. The van der Waals surface area contributed by atoms with Crippen LogP contribution in [0, 0.1) is 11.7 Å². The predicted molar refractivity (Wildman–Crippen MR) is 94.5 cm³/mol. The van der Waals surface area contributed by atoms with Gasteiger partial charge in [0.15, 0.2) is 0 Å². The second-order valence-corrected chi connectivity index (χ2v) is 6.76. The van der Waals surface area contributed by atoms with Crippen molar-refractivity contribution in [2.24, 2.45) is 5.92 Å². The minimum Gasteiger partial charge on any atom is -0.378 e. The summed E-state index contributed by atoms with van der Waals surface area (Å²) in [5.41, 5.74) is 3.18. The van der Waals surface area contributed by atoms with Crippen molar-refractivity contribution in [1.82, 2.24) is 4.90 Å². The lowest BCUT2D eigenvalue weighted by molar-refractivity contribution is -0.131. The van der Waals surface area contributed by atoms with E-state index in [1.54, 1.807) is 11.0 Å². The van der Waals surface area contributed by atoms with E-state index in [-0.39, 0.29) is 23.6 Å². The van der Waals surface area contributed by atoms with Crippen molar-refractivity contribution in [3.63, 3.8) is 0 Å². The van der Waals surface area contributed by atoms with Gasteiger partial charge in [-0.2, -0.15) is 0 Å². The van der Waals surface area contributed by atoms with Crippen LogP contribution in [0.25, 0.3) is 0 Å². The molecule has 3 rings (SSSR count). The molecule has 126 valence electrons. The van der Waals surface area contributed by atoms with Crippen molar-refractivity contribution in [1.29, 1.82) is 0 Å². The summed E-state index contributed by atoms with van der Waals surface area (Å²) in [5.74, 6) is 0.0468. The fraction of sp³-hybridized carbons (Fsp3) is 0.350. The van der Waals surface area contributed by atoms with E-state index in [1.165, 1.54) is 12.1 Å². The predicted octanol–water partition coefficient (Wildman–Crippen LogP) is 3.65. The van der Waals surface area contributed by atoms with E-state index < -0.39 is 0 Å². The highest BCUT2D eigenvalue weighted by Gasteiger charge is 2.45. The highest BCUT2D eigenvalue weighted by atomic mass is 19.1. The third kappa shape index (κ3) is 3.58. The lowest BCUT2D eigenvalue weighted by Crippen LogP contribution is -2.28. The molecule has 4 heteroatoms. The van der Waals surface area contributed by atoms with Gasteiger partial charge in [-0.15, -0.1) is 0 Å². The van der Waals surface area contributed by atoms with Crippen LogP contribution >= 0.6 is 0 Å². The third-order valence-electron chi connectivity index (χ3n) is 4.63. The zero-order valence-corrected chi connectivity index (χ0v) is 14.4. The molecule has 1 aliphatic rings. The number of carbonyl (C=O) groups is 1. The minimum absolute atomic E-state index is 0.0159. The van der Waals surface area contributed by atoms with Crippen LogP contribution in [0.15, 0.2) is 48.5 Å². The van der Waals surface area contributed by atoms with Gasteiger partial charge in [0.2, 0.25) is 5.91 Å². The number of hydrogen-bond donors (Lipinski definition) is 0. The van der Waals surface area contributed by atoms with Crippen LogP contribution in [0.3, 0.4) is 0 Å². The molecule has 2 aromatic rings. The Bertz CT molecular complexity index is 727. The zero-order valence-electron chi connectivity index (χ0n) is 14.4. The van der Waals surface area contributed by atoms with Crippen molar-refractivity contribution in [3.05, 3.63) is 65.5 Å². The number of hydrogen-bond acceptors (Lipinski definition) is 2. The van der Waals surface area contributed by atoms with Crippen molar-refractivity contribution in [2.75, 3.05) is 26.0 Å². The van der Waals surface area contributed by atoms with E-state index >= 15 is 0 Å². The van der Waals surface area contributed by atoms with Gasteiger partial charge in [-0.25, -0.2) is 4.39 Å². The summed E-state index contributed by atoms with van der Waals surface area (Å²) in [7, 11) is 5.85. The van der Waals surface area contributed by atoms with Gasteiger partial charge in [0.05, 0.1) is 0 Å². The van der Waals surface area contributed by atoms with Crippen LogP contribution in [-0.4, -0.2) is 32.0 Å². The molecule has 0 unspecified atom stereocenters. The van der Waals surface area contributed by atoms with Crippen molar-refractivity contribution in [2.45, 2.75) is 18.9 Å². The first kappa shape index (κ1) is 16.5. The molecule has 0 N–H and O–H groups in total. The average Bonchev–Trinajstić information content (AvgIpc) is 3.35. The largest absolute Gasteiger partial charge is 0.378 e. The zero-order chi connectivity index (χ0) is 17.3. The van der Waals surface area contributed by atoms with Gasteiger partial charge in [-0.1, -0.05) is 24.3 Å². The molecule has 0 radical (unpaired) electrons. The monoisotopic (exact) mass is 326 g/mol. The Labute approximate surface area is 142 Å². The van der Waals surface area contributed by atoms with Crippen LogP contribution in [0.2, 0.25) is 0 Å². The fourth-order valence-corrected chi connectivity index (χ4v) is 3.11. The van der Waals surface area contributed by atoms with Gasteiger partial charge in [-0.3, -0.25) is 4.79 Å². The van der Waals surface area contributed by atoms with Gasteiger partial charge in [-0.05, 0) is 47.7 Å². The second kappa shape index (κ2) is 6.63. The molecular weight excluding hydrogens is 303 g/mol. The first-order chi connectivity index (χ1) is 11.5. The van der Waals surface area contributed by atoms with Crippen LogP contribution < -0.4 is 4.90 Å². The molecular formula is C20H23FN2O. The maximum atomic E-state index is 13.3. The fourth-order valence-electron chi connectivity index (χ4n) is 3.11. The minimum atomic E-state index is -0.236. The standard InChI is InChI=1S/C20H23FN2O/c1-22(2)17-9-7-14(8-10-17)13-23(3)20(24)19-12-18(19)15-5-4-6-16(21)11-15/h4-11,18-19H,12-13H2,1-3H3/t18-,19-/m0/s1. The molecule has 0 aromatic heterocycles. The maximum Gasteiger partial charge on any atom is 0.226 e. The van der Waals surface area contributed by atoms with E-state index in [9.17, 15) is 9.18 Å². The molecule has 0 saturated heterocycles. The summed E-state index contributed by atoms with van der Waals surface area (Å²) in [6.45, 7) is 0.596. The van der Waals surface area contributed by atoms with E-state index in [4.69, 9.17) is 0 Å². The van der Waals surface area contributed by atoms with Crippen molar-refractivity contribution in [3.8, 4) is 0 Å². The Morgan fingerprint density at radius 1 is 1.12 bits per heavy atom. The summed E-state index contributed by atoms with van der Waals surface area (Å²) in [6.07, 6.45) is 0.812. The lowest BCUT2D eigenvalue weighted by Gasteiger charge is -2.18. The number of amides is 1. The molecule has 0 spiro atoms. The first-order valence-corrected chi connectivity index (χ1v) is 8.22. The van der Waals surface area contributed by atoms with Gasteiger partial charge < -0.3 is 9.80 Å². The molecule has 2 aromatic carbocycles. The SMILES string of the molecule is CN(Cc1ccc(N(C)C)cc1)C(=O)[C@H]1C[C@H]1c1cccc(F)c1. The Balaban J connectivity index is 1.59. The normalized spacial score (nSPS) is 19.0. The Morgan fingerprint density at radius 2 is 1.83 bits per heavy atom. The van der Waals surface area contributed by atoms with E-state index in [0.717, 1.165) is 23.2 Å². The van der Waals surface area contributed by atoms with Crippen molar-refractivity contribution >= 4 is 11.6 Å². The third-order valence-corrected chi connectivity index (χ3v) is 4.63. The molecule has 1 saturated carbocycles. The topological polar surface area (TPSA) is 23.6 Å². The van der Waals surface area contributed by atoms with Crippen molar-refractivity contribution < 1.29 is 9.18 Å². The van der Waals surface area contributed by atoms with E-state index in [0.29, 0.717) is 6.54 Å². The number of rotatable bonds is 5. The smallest absolute Gasteiger partial charge is 0.226 e. The molecule has 24 heavy (non-hydrogen) atoms.